The SMILES string of the molecule is Cl.N#Cc1cccc(-c2cccc(C(=O)NCc3ccc(C(=N)N)cc3)c2)c1. The van der Waals surface area contributed by atoms with Crippen molar-refractivity contribution in [2.24, 2.45) is 5.73 Å². The van der Waals surface area contributed by atoms with E-state index < -0.39 is 0 Å². The zero-order valence-electron chi connectivity index (χ0n) is 15.0. The Morgan fingerprint density at radius 2 is 1.61 bits per heavy atom. The molecule has 6 heteroatoms. The number of nitriles is 1. The van der Waals surface area contributed by atoms with Gasteiger partial charge in [-0.05, 0) is 41.0 Å². The normalized spacial score (nSPS) is 9.68. The Morgan fingerprint density at radius 1 is 0.964 bits per heavy atom. The van der Waals surface area contributed by atoms with Gasteiger partial charge in [0.2, 0.25) is 0 Å². The molecule has 0 heterocycles. The molecular weight excluding hydrogens is 372 g/mol. The second-order valence-corrected chi connectivity index (χ2v) is 6.07. The number of nitrogens with one attached hydrogen (secondary N) is 2. The monoisotopic (exact) mass is 390 g/mol. The van der Waals surface area contributed by atoms with Crippen molar-refractivity contribution in [3.8, 4) is 17.2 Å². The molecule has 0 radical (unpaired) electrons. The highest BCUT2D eigenvalue weighted by molar-refractivity contribution is 5.96. The van der Waals surface area contributed by atoms with E-state index >= 15 is 0 Å². The van der Waals surface area contributed by atoms with Crippen LogP contribution in [-0.4, -0.2) is 11.7 Å². The Morgan fingerprint density at radius 3 is 2.25 bits per heavy atom. The van der Waals surface area contributed by atoms with Crippen molar-refractivity contribution >= 4 is 24.1 Å². The molecule has 0 saturated carbocycles. The second-order valence-electron chi connectivity index (χ2n) is 6.07. The number of nitrogens with two attached hydrogens (primary N) is 1. The third kappa shape index (κ3) is 4.97. The lowest BCUT2D eigenvalue weighted by atomic mass is 10.0. The van der Waals surface area contributed by atoms with E-state index in [2.05, 4.69) is 11.4 Å². The molecule has 3 aromatic carbocycles. The summed E-state index contributed by atoms with van der Waals surface area (Å²) in [6.45, 7) is 0.380. The van der Waals surface area contributed by atoms with Gasteiger partial charge < -0.3 is 11.1 Å². The van der Waals surface area contributed by atoms with Crippen LogP contribution >= 0.6 is 12.4 Å². The van der Waals surface area contributed by atoms with E-state index in [9.17, 15) is 4.79 Å². The van der Waals surface area contributed by atoms with E-state index in [1.54, 1.807) is 30.3 Å². The first-order valence-corrected chi connectivity index (χ1v) is 8.39. The van der Waals surface area contributed by atoms with E-state index in [1.165, 1.54) is 0 Å². The van der Waals surface area contributed by atoms with Crippen molar-refractivity contribution < 1.29 is 4.79 Å². The van der Waals surface area contributed by atoms with Crippen LogP contribution in [0.3, 0.4) is 0 Å². The molecule has 0 fully saturated rings. The minimum absolute atomic E-state index is 0. The topological polar surface area (TPSA) is 103 Å². The largest absolute Gasteiger partial charge is 0.384 e. The average Bonchev–Trinajstić information content (AvgIpc) is 2.72. The number of benzene rings is 3. The quantitative estimate of drug-likeness (QED) is 0.455. The molecular formula is C22H19ClN4O. The number of amides is 1. The summed E-state index contributed by atoms with van der Waals surface area (Å²) in [5, 5.41) is 19.3. The molecule has 3 rings (SSSR count). The molecule has 0 bridgehead atoms. The van der Waals surface area contributed by atoms with Crippen molar-refractivity contribution in [1.29, 1.82) is 10.7 Å². The number of nitrogen functional groups attached to an aromatic ring is 1. The molecule has 0 spiro atoms. The lowest BCUT2D eigenvalue weighted by molar-refractivity contribution is 0.0951. The van der Waals surface area contributed by atoms with Gasteiger partial charge in [0.1, 0.15) is 5.84 Å². The van der Waals surface area contributed by atoms with Gasteiger partial charge in [0, 0.05) is 17.7 Å². The first-order valence-electron chi connectivity index (χ1n) is 8.39. The van der Waals surface area contributed by atoms with E-state index in [0.29, 0.717) is 23.2 Å². The van der Waals surface area contributed by atoms with Gasteiger partial charge in [0.15, 0.2) is 0 Å². The maximum atomic E-state index is 12.5. The Balaban J connectivity index is 0.00000280. The van der Waals surface area contributed by atoms with E-state index in [1.807, 2.05) is 42.5 Å². The van der Waals surface area contributed by atoms with Crippen LogP contribution in [0.25, 0.3) is 11.1 Å². The summed E-state index contributed by atoms with van der Waals surface area (Å²) in [6.07, 6.45) is 0. The minimum Gasteiger partial charge on any atom is -0.384 e. The number of carbonyl (C=O) groups excluding carboxylic acids is 1. The first-order chi connectivity index (χ1) is 13.1. The molecule has 0 saturated heterocycles. The zero-order chi connectivity index (χ0) is 19.2. The van der Waals surface area contributed by atoms with Crippen molar-refractivity contribution in [3.05, 3.63) is 95.1 Å². The Hall–Kier alpha value is -3.62. The van der Waals surface area contributed by atoms with Gasteiger partial charge in [-0.15, -0.1) is 12.4 Å². The van der Waals surface area contributed by atoms with Crippen LogP contribution in [0.15, 0.2) is 72.8 Å². The molecule has 0 atom stereocenters. The molecule has 0 aromatic heterocycles. The van der Waals surface area contributed by atoms with Gasteiger partial charge in [0.05, 0.1) is 11.6 Å². The third-order valence-electron chi connectivity index (χ3n) is 4.17. The summed E-state index contributed by atoms with van der Waals surface area (Å²) in [6, 6.07) is 23.9. The lowest BCUT2D eigenvalue weighted by Gasteiger charge is -2.08. The second kappa shape index (κ2) is 9.36. The summed E-state index contributed by atoms with van der Waals surface area (Å²) >= 11 is 0. The minimum atomic E-state index is -0.177. The Kier molecular flexibility index (Phi) is 6.91. The molecule has 5 nitrogen and oxygen atoms in total. The highest BCUT2D eigenvalue weighted by Gasteiger charge is 2.08. The Labute approximate surface area is 169 Å². The molecule has 0 aliphatic rings. The lowest BCUT2D eigenvalue weighted by Crippen LogP contribution is -2.22. The Bertz CT molecular complexity index is 1040. The van der Waals surface area contributed by atoms with Crippen LogP contribution < -0.4 is 11.1 Å². The van der Waals surface area contributed by atoms with Crippen LogP contribution in [0, 0.1) is 16.7 Å². The number of hydrogen-bond acceptors (Lipinski definition) is 3. The van der Waals surface area contributed by atoms with Gasteiger partial charge in [0.25, 0.3) is 5.91 Å². The molecule has 0 aliphatic heterocycles. The highest BCUT2D eigenvalue weighted by Crippen LogP contribution is 2.21. The van der Waals surface area contributed by atoms with Gasteiger partial charge >= 0.3 is 0 Å². The van der Waals surface area contributed by atoms with Crippen molar-refractivity contribution in [1.82, 2.24) is 5.32 Å². The summed E-state index contributed by atoms with van der Waals surface area (Å²) in [5.74, 6) is -0.160. The molecule has 0 unspecified atom stereocenters. The van der Waals surface area contributed by atoms with Gasteiger partial charge in [-0.1, -0.05) is 48.5 Å². The molecule has 28 heavy (non-hydrogen) atoms. The number of carbonyl (C=O) groups is 1. The number of amidine groups is 1. The van der Waals surface area contributed by atoms with E-state index in [4.69, 9.17) is 16.4 Å². The van der Waals surface area contributed by atoms with E-state index in [0.717, 1.165) is 16.7 Å². The fourth-order valence-corrected chi connectivity index (χ4v) is 2.69. The summed E-state index contributed by atoms with van der Waals surface area (Å²) in [4.78, 5) is 12.5. The molecule has 0 aliphatic carbocycles. The standard InChI is InChI=1S/C22H18N4O.ClH/c23-13-16-3-1-4-18(11-16)19-5-2-6-20(12-19)22(27)26-14-15-7-9-17(10-8-15)21(24)25;/h1-12H,14H2,(H3,24,25)(H,26,27);1H. The maximum absolute atomic E-state index is 12.5. The number of halogens is 1. The van der Waals surface area contributed by atoms with Crippen LogP contribution in [0.5, 0.6) is 0 Å². The van der Waals surface area contributed by atoms with Crippen molar-refractivity contribution in [2.45, 2.75) is 6.54 Å². The molecule has 3 aromatic rings. The molecule has 1 amide bonds. The van der Waals surface area contributed by atoms with Gasteiger partial charge in [-0.25, -0.2) is 0 Å². The number of rotatable bonds is 5. The molecule has 4 N–H and O–H groups in total. The van der Waals surface area contributed by atoms with E-state index in [-0.39, 0.29) is 24.1 Å². The summed E-state index contributed by atoms with van der Waals surface area (Å²) in [5.41, 5.74) is 9.91. The van der Waals surface area contributed by atoms with Crippen molar-refractivity contribution in [2.75, 3.05) is 0 Å². The summed E-state index contributed by atoms with van der Waals surface area (Å²) < 4.78 is 0. The van der Waals surface area contributed by atoms with Crippen LogP contribution in [-0.2, 0) is 6.54 Å². The van der Waals surface area contributed by atoms with Crippen LogP contribution in [0.4, 0.5) is 0 Å². The fraction of sp³-hybridized carbons (Fsp3) is 0.0455. The predicted molar refractivity (Wildman–Crippen MR) is 112 cm³/mol. The van der Waals surface area contributed by atoms with Crippen LogP contribution in [0.2, 0.25) is 0 Å². The average molecular weight is 391 g/mol. The van der Waals surface area contributed by atoms with Crippen LogP contribution in [0.1, 0.15) is 27.0 Å². The predicted octanol–water partition coefficient (Wildman–Crippen LogP) is 3.86. The third-order valence-corrected chi connectivity index (χ3v) is 4.17. The number of nitrogens with zero attached hydrogens (tertiary/aromatic N) is 1. The number of hydrogen-bond donors (Lipinski definition) is 3. The van der Waals surface area contributed by atoms with Crippen molar-refractivity contribution in [3.63, 3.8) is 0 Å². The highest BCUT2D eigenvalue weighted by atomic mass is 35.5. The summed E-state index contributed by atoms with van der Waals surface area (Å²) in [7, 11) is 0. The van der Waals surface area contributed by atoms with Gasteiger partial charge in [-0.3, -0.25) is 10.2 Å². The smallest absolute Gasteiger partial charge is 0.251 e. The maximum Gasteiger partial charge on any atom is 0.251 e. The molecule has 140 valence electrons. The fourth-order valence-electron chi connectivity index (χ4n) is 2.69. The zero-order valence-corrected chi connectivity index (χ0v) is 15.8. The van der Waals surface area contributed by atoms with Gasteiger partial charge in [-0.2, -0.15) is 5.26 Å². The first kappa shape index (κ1) is 20.7.